The van der Waals surface area contributed by atoms with E-state index in [9.17, 15) is 0 Å². The van der Waals surface area contributed by atoms with E-state index >= 15 is 0 Å². The van der Waals surface area contributed by atoms with Crippen LogP contribution in [-0.2, 0) is 13.0 Å². The van der Waals surface area contributed by atoms with Gasteiger partial charge in [-0.1, -0.05) is 5.16 Å². The Balaban J connectivity index is 2.23. The van der Waals surface area contributed by atoms with Crippen LogP contribution in [-0.4, -0.2) is 18.8 Å². The van der Waals surface area contributed by atoms with Crippen LogP contribution >= 0.6 is 15.9 Å². The molecule has 0 saturated heterocycles. The first-order chi connectivity index (χ1) is 10.1. The number of methoxy groups -OCH3 is 1. The van der Waals surface area contributed by atoms with Crippen LogP contribution in [0, 0.1) is 13.8 Å². The molecule has 114 valence electrons. The number of nitrogens with zero attached hydrogens (tertiary/aromatic N) is 1. The smallest absolute Gasteiger partial charge is 0.175 e. The zero-order valence-electron chi connectivity index (χ0n) is 12.4. The van der Waals surface area contributed by atoms with Crippen LogP contribution in [0.3, 0.4) is 0 Å². The Hall–Kier alpha value is -1.53. The van der Waals surface area contributed by atoms with Crippen LogP contribution < -0.4 is 15.2 Å². The van der Waals surface area contributed by atoms with Gasteiger partial charge >= 0.3 is 0 Å². The number of aromatic nitrogens is 1. The van der Waals surface area contributed by atoms with Crippen molar-refractivity contribution in [1.29, 1.82) is 0 Å². The molecule has 0 aliphatic carbocycles. The van der Waals surface area contributed by atoms with Crippen LogP contribution in [0.2, 0.25) is 0 Å². The molecule has 6 heteroatoms. The second-order valence-corrected chi connectivity index (χ2v) is 5.59. The summed E-state index contributed by atoms with van der Waals surface area (Å²) < 4.78 is 17.3. The zero-order valence-corrected chi connectivity index (χ0v) is 14.0. The van der Waals surface area contributed by atoms with Crippen molar-refractivity contribution in [3.63, 3.8) is 0 Å². The van der Waals surface area contributed by atoms with Gasteiger partial charge in [-0.05, 0) is 60.4 Å². The van der Waals surface area contributed by atoms with Crippen LogP contribution in [0.25, 0.3) is 0 Å². The number of halogens is 1. The lowest BCUT2D eigenvalue weighted by atomic mass is 10.1. The number of hydrogen-bond donors (Lipinski definition) is 1. The molecule has 1 aromatic carbocycles. The summed E-state index contributed by atoms with van der Waals surface area (Å²) in [7, 11) is 1.62. The Morgan fingerprint density at radius 2 is 2.10 bits per heavy atom. The van der Waals surface area contributed by atoms with Crippen molar-refractivity contribution in [3.8, 4) is 11.5 Å². The molecule has 21 heavy (non-hydrogen) atoms. The van der Waals surface area contributed by atoms with E-state index in [1.54, 1.807) is 7.11 Å². The SMILES string of the molecule is COc1cc(CCN)cc(Br)c1OCc1c(C)noc1C. The van der Waals surface area contributed by atoms with Gasteiger partial charge in [0.1, 0.15) is 12.4 Å². The molecule has 0 radical (unpaired) electrons. The Morgan fingerprint density at radius 1 is 1.33 bits per heavy atom. The van der Waals surface area contributed by atoms with E-state index in [4.69, 9.17) is 19.7 Å². The molecule has 1 heterocycles. The topological polar surface area (TPSA) is 70.5 Å². The van der Waals surface area contributed by atoms with Gasteiger partial charge < -0.3 is 19.7 Å². The molecule has 0 fully saturated rings. The van der Waals surface area contributed by atoms with Crippen molar-refractivity contribution in [2.24, 2.45) is 5.73 Å². The normalized spacial score (nSPS) is 10.7. The summed E-state index contributed by atoms with van der Waals surface area (Å²) in [6.07, 6.45) is 0.791. The number of ether oxygens (including phenoxy) is 2. The molecular weight excluding hydrogens is 336 g/mol. The first-order valence-corrected chi connectivity index (χ1v) is 7.47. The van der Waals surface area contributed by atoms with E-state index in [0.29, 0.717) is 24.7 Å². The fourth-order valence-electron chi connectivity index (χ4n) is 2.08. The first kappa shape index (κ1) is 15.9. The van der Waals surface area contributed by atoms with Crippen LogP contribution in [0.4, 0.5) is 0 Å². The van der Waals surface area contributed by atoms with Gasteiger partial charge in [-0.2, -0.15) is 0 Å². The number of rotatable bonds is 6. The predicted octanol–water partition coefficient (Wildman–Crippen LogP) is 3.14. The minimum absolute atomic E-state index is 0.381. The fraction of sp³-hybridized carbons (Fsp3) is 0.400. The van der Waals surface area contributed by atoms with Gasteiger partial charge in [0.05, 0.1) is 22.8 Å². The molecule has 0 aliphatic heterocycles. The highest BCUT2D eigenvalue weighted by atomic mass is 79.9. The Kier molecular flexibility index (Phi) is 5.25. The molecule has 2 N–H and O–H groups in total. The predicted molar refractivity (Wildman–Crippen MR) is 83.8 cm³/mol. The van der Waals surface area contributed by atoms with E-state index in [-0.39, 0.29) is 0 Å². The molecule has 0 aliphatic rings. The molecular formula is C15H19BrN2O3. The van der Waals surface area contributed by atoms with Crippen LogP contribution in [0.15, 0.2) is 21.1 Å². The fourth-order valence-corrected chi connectivity index (χ4v) is 2.68. The lowest BCUT2D eigenvalue weighted by molar-refractivity contribution is 0.279. The van der Waals surface area contributed by atoms with E-state index in [1.165, 1.54) is 0 Å². The zero-order chi connectivity index (χ0) is 15.4. The van der Waals surface area contributed by atoms with Crippen molar-refractivity contribution in [2.75, 3.05) is 13.7 Å². The molecule has 0 spiro atoms. The lowest BCUT2D eigenvalue weighted by Gasteiger charge is -2.14. The standard InChI is InChI=1S/C15H19BrN2O3/c1-9-12(10(2)21-18-9)8-20-15-13(16)6-11(4-5-17)7-14(15)19-3/h6-7H,4-5,8,17H2,1-3H3. The number of nitrogens with two attached hydrogens (primary N) is 1. The summed E-state index contributed by atoms with van der Waals surface area (Å²) in [5, 5.41) is 3.92. The lowest BCUT2D eigenvalue weighted by Crippen LogP contribution is -2.04. The molecule has 2 aromatic rings. The summed E-state index contributed by atoms with van der Waals surface area (Å²) >= 11 is 3.53. The highest BCUT2D eigenvalue weighted by molar-refractivity contribution is 9.10. The van der Waals surface area contributed by atoms with Gasteiger partial charge in [0.25, 0.3) is 0 Å². The summed E-state index contributed by atoms with van der Waals surface area (Å²) in [6.45, 7) is 4.74. The van der Waals surface area contributed by atoms with Crippen LogP contribution in [0.5, 0.6) is 11.5 Å². The molecule has 5 nitrogen and oxygen atoms in total. The highest BCUT2D eigenvalue weighted by Crippen LogP contribution is 2.37. The second kappa shape index (κ2) is 6.95. The molecule has 0 saturated carbocycles. The monoisotopic (exact) mass is 354 g/mol. The van der Waals surface area contributed by atoms with Gasteiger partial charge in [-0.3, -0.25) is 0 Å². The molecule has 0 atom stereocenters. The average Bonchev–Trinajstić information content (AvgIpc) is 2.77. The maximum absolute atomic E-state index is 5.89. The summed E-state index contributed by atoms with van der Waals surface area (Å²) in [5.74, 6) is 2.11. The van der Waals surface area contributed by atoms with E-state index in [2.05, 4.69) is 21.1 Å². The number of aryl methyl sites for hydroxylation is 2. The minimum atomic E-state index is 0.381. The Morgan fingerprint density at radius 3 is 2.67 bits per heavy atom. The van der Waals surface area contributed by atoms with Gasteiger partial charge in [0.2, 0.25) is 0 Å². The first-order valence-electron chi connectivity index (χ1n) is 6.67. The number of hydrogen-bond acceptors (Lipinski definition) is 5. The Labute approximate surface area is 132 Å². The van der Waals surface area contributed by atoms with Gasteiger partial charge in [-0.15, -0.1) is 0 Å². The van der Waals surface area contributed by atoms with Crippen molar-refractivity contribution < 1.29 is 14.0 Å². The van der Waals surface area contributed by atoms with Crippen molar-refractivity contribution >= 4 is 15.9 Å². The van der Waals surface area contributed by atoms with Crippen molar-refractivity contribution in [1.82, 2.24) is 5.16 Å². The molecule has 0 bridgehead atoms. The quantitative estimate of drug-likeness (QED) is 0.862. The van der Waals surface area contributed by atoms with Crippen molar-refractivity contribution in [2.45, 2.75) is 26.9 Å². The number of benzene rings is 1. The third-order valence-corrected chi connectivity index (χ3v) is 3.85. The van der Waals surface area contributed by atoms with E-state index in [0.717, 1.165) is 33.5 Å². The third kappa shape index (κ3) is 3.57. The average molecular weight is 355 g/mol. The second-order valence-electron chi connectivity index (χ2n) is 4.74. The largest absolute Gasteiger partial charge is 0.493 e. The van der Waals surface area contributed by atoms with Crippen molar-refractivity contribution in [3.05, 3.63) is 39.2 Å². The van der Waals surface area contributed by atoms with Gasteiger partial charge in [0, 0.05) is 0 Å². The highest BCUT2D eigenvalue weighted by Gasteiger charge is 2.15. The maximum Gasteiger partial charge on any atom is 0.175 e. The Bertz CT molecular complexity index is 606. The minimum Gasteiger partial charge on any atom is -0.493 e. The summed E-state index contributed by atoms with van der Waals surface area (Å²) in [5.41, 5.74) is 8.48. The van der Waals surface area contributed by atoms with Gasteiger partial charge in [-0.25, -0.2) is 0 Å². The maximum atomic E-state index is 5.89. The van der Waals surface area contributed by atoms with Gasteiger partial charge in [0.15, 0.2) is 11.5 Å². The third-order valence-electron chi connectivity index (χ3n) is 3.26. The van der Waals surface area contributed by atoms with Crippen LogP contribution in [0.1, 0.15) is 22.6 Å². The molecule has 0 unspecified atom stereocenters. The summed E-state index contributed by atoms with van der Waals surface area (Å²) in [4.78, 5) is 0. The summed E-state index contributed by atoms with van der Waals surface area (Å²) in [6, 6.07) is 3.94. The molecule has 2 rings (SSSR count). The molecule has 0 amide bonds. The van der Waals surface area contributed by atoms with E-state index in [1.807, 2.05) is 26.0 Å². The van der Waals surface area contributed by atoms with E-state index < -0.39 is 0 Å². The molecule has 1 aromatic heterocycles.